The molecule has 3 aliphatic heterocycles. The van der Waals surface area contributed by atoms with Gasteiger partial charge >= 0.3 is 5.97 Å². The first kappa shape index (κ1) is 27.3. The number of aliphatic hydroxyl groups excluding tert-OH is 1. The fourth-order valence-corrected chi connectivity index (χ4v) is 6.88. The number of rotatable bonds is 11. The van der Waals surface area contributed by atoms with E-state index in [1.165, 1.54) is 4.90 Å². The molecule has 3 unspecified atom stereocenters. The Morgan fingerprint density at radius 1 is 1.32 bits per heavy atom. The van der Waals surface area contributed by atoms with Crippen LogP contribution in [0.2, 0.25) is 0 Å². The first-order chi connectivity index (χ1) is 17.7. The zero-order valence-corrected chi connectivity index (χ0v) is 22.4. The monoisotopic (exact) mass is 512 g/mol. The molecule has 8 heteroatoms. The molecule has 7 atom stereocenters. The molecule has 0 radical (unpaired) electrons. The number of amides is 2. The van der Waals surface area contributed by atoms with Gasteiger partial charge in [0.1, 0.15) is 17.6 Å². The van der Waals surface area contributed by atoms with Crippen LogP contribution >= 0.6 is 0 Å². The predicted octanol–water partition coefficient (Wildman–Crippen LogP) is 3.11. The lowest BCUT2D eigenvalue weighted by Gasteiger charge is -2.39. The second-order valence-corrected chi connectivity index (χ2v) is 10.7. The van der Waals surface area contributed by atoms with Gasteiger partial charge in [0.25, 0.3) is 0 Å². The van der Waals surface area contributed by atoms with E-state index >= 15 is 0 Å². The van der Waals surface area contributed by atoms with Crippen molar-refractivity contribution in [1.82, 2.24) is 9.80 Å². The Hall–Kier alpha value is -2.71. The summed E-state index contributed by atoms with van der Waals surface area (Å²) in [5.41, 5.74) is -1.39. The summed E-state index contributed by atoms with van der Waals surface area (Å²) in [6, 6.07) is 7.48. The third-order valence-electron chi connectivity index (χ3n) is 8.66. The van der Waals surface area contributed by atoms with Gasteiger partial charge in [-0.1, -0.05) is 56.7 Å². The maximum atomic E-state index is 14.4. The van der Waals surface area contributed by atoms with Gasteiger partial charge in [-0.25, -0.2) is 0 Å². The highest BCUT2D eigenvalue weighted by molar-refractivity contribution is 5.99. The largest absolute Gasteiger partial charge is 0.466 e. The number of unbranched alkanes of at least 4 members (excludes halogenated alkanes) is 1. The van der Waals surface area contributed by atoms with Crippen molar-refractivity contribution in [2.24, 2.45) is 17.8 Å². The van der Waals surface area contributed by atoms with Gasteiger partial charge in [0.15, 0.2) is 0 Å². The normalized spacial score (nSPS) is 32.8. The van der Waals surface area contributed by atoms with E-state index in [2.05, 4.69) is 13.5 Å². The average Bonchev–Trinajstić information content (AvgIpc) is 3.40. The molecule has 0 aliphatic carbocycles. The van der Waals surface area contributed by atoms with Gasteiger partial charge < -0.3 is 24.4 Å². The molecule has 3 heterocycles. The maximum absolute atomic E-state index is 14.4. The van der Waals surface area contributed by atoms with E-state index in [9.17, 15) is 19.5 Å². The van der Waals surface area contributed by atoms with E-state index in [1.54, 1.807) is 17.9 Å². The highest BCUT2D eigenvalue weighted by Gasteiger charge is 2.80. The van der Waals surface area contributed by atoms with Gasteiger partial charge in [-0.2, -0.15) is 0 Å². The molecule has 2 amide bonds. The fraction of sp³-hybridized carbons (Fsp3) is 0.621. The molecule has 1 spiro atoms. The number of ether oxygens (including phenoxy) is 2. The van der Waals surface area contributed by atoms with Crippen molar-refractivity contribution < 1.29 is 29.0 Å². The fourth-order valence-electron chi connectivity index (χ4n) is 6.88. The molecule has 1 aromatic carbocycles. The minimum atomic E-state index is -1.19. The Bertz CT molecular complexity index is 1030. The summed E-state index contributed by atoms with van der Waals surface area (Å²) in [5, 5.41) is 10.6. The lowest BCUT2D eigenvalue weighted by Crippen LogP contribution is -2.57. The number of nitrogens with zero attached hydrogens (tertiary/aromatic N) is 2. The summed E-state index contributed by atoms with van der Waals surface area (Å²) in [6.45, 7) is 12.2. The number of carbonyl (C=O) groups is 3. The maximum Gasteiger partial charge on any atom is 0.312 e. The average molecular weight is 513 g/mol. The van der Waals surface area contributed by atoms with E-state index in [0.717, 1.165) is 18.4 Å². The first-order valence-corrected chi connectivity index (χ1v) is 13.5. The summed E-state index contributed by atoms with van der Waals surface area (Å²) < 4.78 is 12.2. The van der Waals surface area contributed by atoms with Crippen LogP contribution in [0.1, 0.15) is 58.6 Å². The van der Waals surface area contributed by atoms with Crippen molar-refractivity contribution in [1.29, 1.82) is 0 Å². The second kappa shape index (κ2) is 10.6. The van der Waals surface area contributed by atoms with Crippen LogP contribution in [0.15, 0.2) is 43.0 Å². The summed E-state index contributed by atoms with van der Waals surface area (Å²) in [6.07, 6.45) is 3.86. The second-order valence-electron chi connectivity index (χ2n) is 10.7. The number of benzene rings is 1. The molecule has 4 rings (SSSR count). The quantitative estimate of drug-likeness (QED) is 0.362. The van der Waals surface area contributed by atoms with E-state index in [4.69, 9.17) is 9.47 Å². The number of hydrogen-bond acceptors (Lipinski definition) is 6. The lowest BCUT2D eigenvalue weighted by molar-refractivity contribution is -0.163. The molecule has 2 bridgehead atoms. The minimum absolute atomic E-state index is 0.0750. The molecular weight excluding hydrogens is 472 g/mol. The Labute approximate surface area is 219 Å². The summed E-state index contributed by atoms with van der Waals surface area (Å²) in [7, 11) is 0. The molecule has 0 aromatic heterocycles. The zero-order valence-electron chi connectivity index (χ0n) is 22.4. The van der Waals surface area contributed by atoms with E-state index in [0.29, 0.717) is 19.5 Å². The molecule has 1 N–H and O–H groups in total. The Kier molecular flexibility index (Phi) is 7.81. The van der Waals surface area contributed by atoms with Crippen LogP contribution in [0.3, 0.4) is 0 Å². The van der Waals surface area contributed by atoms with Crippen molar-refractivity contribution in [3.63, 3.8) is 0 Å². The van der Waals surface area contributed by atoms with Gasteiger partial charge in [0.05, 0.1) is 30.8 Å². The Balaban J connectivity index is 1.87. The van der Waals surface area contributed by atoms with Crippen LogP contribution in [-0.4, -0.2) is 76.2 Å². The van der Waals surface area contributed by atoms with Crippen LogP contribution in [0.5, 0.6) is 0 Å². The molecule has 3 aliphatic rings. The van der Waals surface area contributed by atoms with Crippen LogP contribution in [0.25, 0.3) is 0 Å². The van der Waals surface area contributed by atoms with Crippen LogP contribution in [0, 0.1) is 17.8 Å². The van der Waals surface area contributed by atoms with Crippen molar-refractivity contribution in [3.8, 4) is 0 Å². The number of esters is 1. The van der Waals surface area contributed by atoms with Crippen molar-refractivity contribution in [2.75, 3.05) is 26.3 Å². The molecule has 3 saturated heterocycles. The molecule has 8 nitrogen and oxygen atoms in total. The number of likely N-dealkylation sites (tertiary alicyclic amines) is 1. The molecule has 1 aromatic rings. The van der Waals surface area contributed by atoms with Gasteiger partial charge in [0, 0.05) is 13.1 Å². The highest BCUT2D eigenvalue weighted by Crippen LogP contribution is 2.66. The predicted molar refractivity (Wildman–Crippen MR) is 138 cm³/mol. The molecular formula is C29H40N2O6. The van der Waals surface area contributed by atoms with Gasteiger partial charge in [0.2, 0.25) is 11.8 Å². The topological polar surface area (TPSA) is 96.4 Å². The zero-order chi connectivity index (χ0) is 27.0. The summed E-state index contributed by atoms with van der Waals surface area (Å²) in [4.78, 5) is 45.3. The first-order valence-electron chi connectivity index (χ1n) is 13.5. The van der Waals surface area contributed by atoms with Crippen molar-refractivity contribution in [2.45, 2.75) is 70.2 Å². The third kappa shape index (κ3) is 4.18. The molecule has 3 fully saturated rings. The van der Waals surface area contributed by atoms with Crippen molar-refractivity contribution in [3.05, 3.63) is 48.6 Å². The summed E-state index contributed by atoms with van der Waals surface area (Å²) >= 11 is 0. The standard InChI is InChI=1S/C29H40N2O6/c1-6-9-16-30(15-7-2)26(34)24-29-17-19(4)28(5,37-29)23(27(35)36-8-3)22(29)25(33)31(24)21(18-32)20-13-11-10-12-14-20/h7,10-14,19,21-24,32H,2,6,8-9,15-18H2,1,3-5H3/t19?,21-,22+,23+,24?,28-,29?/m1/s1. The van der Waals surface area contributed by atoms with E-state index in [1.807, 2.05) is 44.2 Å². The van der Waals surface area contributed by atoms with Gasteiger partial charge in [-0.15, -0.1) is 6.58 Å². The van der Waals surface area contributed by atoms with Crippen LogP contribution in [-0.2, 0) is 23.9 Å². The number of carbonyl (C=O) groups excluding carboxylic acids is 3. The highest BCUT2D eigenvalue weighted by atomic mass is 16.6. The number of aliphatic hydroxyl groups is 1. The molecule has 0 saturated carbocycles. The van der Waals surface area contributed by atoms with Crippen LogP contribution in [0.4, 0.5) is 0 Å². The smallest absolute Gasteiger partial charge is 0.312 e. The lowest BCUT2D eigenvalue weighted by atomic mass is 9.62. The van der Waals surface area contributed by atoms with Crippen molar-refractivity contribution >= 4 is 17.8 Å². The van der Waals surface area contributed by atoms with E-state index in [-0.39, 0.29) is 30.9 Å². The SMILES string of the molecule is C=CCN(CCCC)C(=O)C1N([C@H](CO)c2ccccc2)C(=O)[C@@H]2[C@@H](C(=O)OCC)[C@]3(C)OC12CC3C. The third-order valence-corrected chi connectivity index (χ3v) is 8.66. The number of fused-ring (bicyclic) bond motifs is 1. The van der Waals surface area contributed by atoms with Gasteiger partial charge in [-0.3, -0.25) is 14.4 Å². The number of hydrogen-bond donors (Lipinski definition) is 1. The van der Waals surface area contributed by atoms with Crippen LogP contribution < -0.4 is 0 Å². The van der Waals surface area contributed by atoms with E-state index < -0.39 is 41.1 Å². The molecule has 202 valence electrons. The minimum Gasteiger partial charge on any atom is -0.466 e. The summed E-state index contributed by atoms with van der Waals surface area (Å²) in [5.74, 6) is -2.82. The van der Waals surface area contributed by atoms with Gasteiger partial charge in [-0.05, 0) is 38.2 Å². The molecule has 37 heavy (non-hydrogen) atoms. The Morgan fingerprint density at radius 2 is 2.03 bits per heavy atom. The Morgan fingerprint density at radius 3 is 2.62 bits per heavy atom.